The van der Waals surface area contributed by atoms with Gasteiger partial charge in [0, 0.05) is 18.8 Å². The van der Waals surface area contributed by atoms with Crippen molar-refractivity contribution in [3.05, 3.63) is 35.3 Å². The fourth-order valence-corrected chi connectivity index (χ4v) is 2.00. The maximum atomic E-state index is 12.9. The van der Waals surface area contributed by atoms with E-state index < -0.39 is 17.7 Å². The lowest BCUT2D eigenvalue weighted by molar-refractivity contribution is -0.137. The molecule has 0 amide bonds. The second-order valence-electron chi connectivity index (χ2n) is 4.49. The molecule has 0 aromatic carbocycles. The first-order chi connectivity index (χ1) is 10.4. The number of carbonyl (C=O) groups is 1. The van der Waals surface area contributed by atoms with Crippen molar-refractivity contribution in [2.45, 2.75) is 25.9 Å². The normalized spacial score (nSPS) is 11.4. The number of aromatic nitrogens is 2. The Kier molecular flexibility index (Phi) is 4.35. The number of nitrogens with zero attached hydrogens (tertiary/aromatic N) is 3. The Hall–Kier alpha value is -2.56. The third-order valence-corrected chi connectivity index (χ3v) is 2.95. The van der Waals surface area contributed by atoms with Crippen LogP contribution in [0.4, 0.5) is 13.2 Å². The van der Waals surface area contributed by atoms with Gasteiger partial charge in [0.2, 0.25) is 0 Å². The summed E-state index contributed by atoms with van der Waals surface area (Å²) in [4.78, 5) is 15.7. The maximum absolute atomic E-state index is 12.9. The number of esters is 1. The first-order valence-electron chi connectivity index (χ1n) is 6.49. The zero-order chi connectivity index (χ0) is 16.3. The van der Waals surface area contributed by atoms with Gasteiger partial charge in [0.25, 0.3) is 0 Å². The molecule has 0 saturated heterocycles. The number of imidazole rings is 1. The molecule has 0 aliphatic carbocycles. The summed E-state index contributed by atoms with van der Waals surface area (Å²) in [5, 5.41) is 8.62. The minimum absolute atomic E-state index is 0.0541. The number of halogens is 3. The molecular weight excluding hydrogens is 299 g/mol. The van der Waals surface area contributed by atoms with Crippen LogP contribution >= 0.6 is 0 Å². The number of hydrogen-bond acceptors (Lipinski definition) is 4. The molecule has 0 saturated carbocycles. The van der Waals surface area contributed by atoms with Crippen LogP contribution in [0, 0.1) is 11.3 Å². The largest absolute Gasteiger partial charge is 0.461 e. The number of hydrogen-bond donors (Lipinski definition) is 0. The average molecular weight is 311 g/mol. The lowest BCUT2D eigenvalue weighted by Gasteiger charge is -2.10. The summed E-state index contributed by atoms with van der Waals surface area (Å²) in [6.07, 6.45) is -2.30. The molecule has 0 aliphatic heterocycles. The van der Waals surface area contributed by atoms with E-state index in [-0.39, 0.29) is 36.4 Å². The molecule has 0 N–H and O–H groups in total. The lowest BCUT2D eigenvalue weighted by atomic mass is 10.1. The average Bonchev–Trinajstić information content (AvgIpc) is 2.88. The Balaban J connectivity index is 2.57. The van der Waals surface area contributed by atoms with E-state index in [0.717, 1.165) is 16.7 Å². The fraction of sp³-hybridized carbons (Fsp3) is 0.357. The molecule has 0 aliphatic rings. The Morgan fingerprint density at radius 2 is 2.18 bits per heavy atom. The molecule has 2 aromatic heterocycles. The van der Waals surface area contributed by atoms with Crippen molar-refractivity contribution in [3.63, 3.8) is 0 Å². The summed E-state index contributed by atoms with van der Waals surface area (Å²) in [7, 11) is 0. The predicted molar refractivity (Wildman–Crippen MR) is 70.1 cm³/mol. The summed E-state index contributed by atoms with van der Waals surface area (Å²) >= 11 is 0. The van der Waals surface area contributed by atoms with Gasteiger partial charge in [-0.3, -0.25) is 0 Å². The van der Waals surface area contributed by atoms with Crippen molar-refractivity contribution < 1.29 is 22.7 Å². The van der Waals surface area contributed by atoms with Gasteiger partial charge in [0.1, 0.15) is 5.65 Å². The third-order valence-electron chi connectivity index (χ3n) is 2.95. The molecule has 0 unspecified atom stereocenters. The monoisotopic (exact) mass is 311 g/mol. The molecule has 2 rings (SSSR count). The smallest absolute Gasteiger partial charge is 0.417 e. The second kappa shape index (κ2) is 6.05. The molecule has 0 radical (unpaired) electrons. The van der Waals surface area contributed by atoms with Crippen molar-refractivity contribution >= 4 is 11.6 Å². The number of fused-ring (bicyclic) bond motifs is 1. The van der Waals surface area contributed by atoms with Crippen LogP contribution in [0.1, 0.15) is 35.0 Å². The van der Waals surface area contributed by atoms with Crippen LogP contribution in [-0.2, 0) is 17.3 Å². The Morgan fingerprint density at radius 3 is 2.77 bits per heavy atom. The van der Waals surface area contributed by atoms with Crippen LogP contribution in [0.3, 0.4) is 0 Å². The summed E-state index contributed by atoms with van der Waals surface area (Å²) in [5.41, 5.74) is -0.460. The third kappa shape index (κ3) is 3.19. The Morgan fingerprint density at radius 1 is 1.45 bits per heavy atom. The van der Waals surface area contributed by atoms with Crippen LogP contribution < -0.4 is 0 Å². The minimum Gasteiger partial charge on any atom is -0.461 e. The van der Waals surface area contributed by atoms with Crippen LogP contribution in [-0.4, -0.2) is 22.0 Å². The van der Waals surface area contributed by atoms with Gasteiger partial charge in [-0.1, -0.05) is 0 Å². The highest BCUT2D eigenvalue weighted by Crippen LogP contribution is 2.31. The molecule has 0 spiro atoms. The highest BCUT2D eigenvalue weighted by Gasteiger charge is 2.32. The Bertz CT molecular complexity index is 744. The Labute approximate surface area is 123 Å². The highest BCUT2D eigenvalue weighted by molar-refractivity contribution is 5.88. The van der Waals surface area contributed by atoms with Crippen molar-refractivity contribution in [1.82, 2.24) is 9.38 Å². The van der Waals surface area contributed by atoms with Gasteiger partial charge in [0.05, 0.1) is 18.2 Å². The number of aryl methyl sites for hydroxylation is 1. The standard InChI is InChI=1S/C14H12F3N3O2/c1-2-22-13(21)11-8-20-7-10(14(15,16)17)6-9(4-3-5-18)12(20)19-11/h6-8H,2-4H2,1H3. The number of rotatable bonds is 4. The molecule has 5 nitrogen and oxygen atoms in total. The van der Waals surface area contributed by atoms with Gasteiger partial charge < -0.3 is 9.14 Å². The van der Waals surface area contributed by atoms with E-state index in [1.54, 1.807) is 6.92 Å². The summed E-state index contributed by atoms with van der Waals surface area (Å²) in [6.45, 7) is 1.76. The number of nitriles is 1. The van der Waals surface area contributed by atoms with Crippen LogP contribution in [0.25, 0.3) is 5.65 Å². The first-order valence-corrected chi connectivity index (χ1v) is 6.49. The summed E-state index contributed by atoms with van der Waals surface area (Å²) < 4.78 is 44.7. The van der Waals surface area contributed by atoms with Gasteiger partial charge in [0.15, 0.2) is 5.69 Å². The van der Waals surface area contributed by atoms with Crippen LogP contribution in [0.2, 0.25) is 0 Å². The van der Waals surface area contributed by atoms with Crippen LogP contribution in [0.15, 0.2) is 18.5 Å². The number of carbonyl (C=O) groups excluding carboxylic acids is 1. The molecule has 0 fully saturated rings. The molecule has 0 bridgehead atoms. The van der Waals surface area contributed by atoms with E-state index >= 15 is 0 Å². The molecular formula is C14H12F3N3O2. The summed E-state index contributed by atoms with van der Waals surface area (Å²) in [5.74, 6) is -0.703. The van der Waals surface area contributed by atoms with Gasteiger partial charge in [-0.15, -0.1) is 0 Å². The molecule has 0 atom stereocenters. The van der Waals surface area contributed by atoms with Crippen molar-refractivity contribution in [1.29, 1.82) is 5.26 Å². The number of alkyl halides is 3. The molecule has 2 aromatic rings. The second-order valence-corrected chi connectivity index (χ2v) is 4.49. The molecule has 8 heteroatoms. The first kappa shape index (κ1) is 15.8. The quantitative estimate of drug-likeness (QED) is 0.814. The van der Waals surface area contributed by atoms with Gasteiger partial charge in [-0.05, 0) is 25.0 Å². The minimum atomic E-state index is -4.52. The fourth-order valence-electron chi connectivity index (χ4n) is 2.00. The number of pyridine rings is 1. The van der Waals surface area contributed by atoms with Crippen LogP contribution in [0.5, 0.6) is 0 Å². The van der Waals surface area contributed by atoms with Gasteiger partial charge >= 0.3 is 12.1 Å². The lowest BCUT2D eigenvalue weighted by Crippen LogP contribution is -2.08. The van der Waals surface area contributed by atoms with Crippen molar-refractivity contribution in [2.75, 3.05) is 6.61 Å². The SMILES string of the molecule is CCOC(=O)c1cn2cc(C(F)(F)F)cc(CCC#N)c2n1. The van der Waals surface area contributed by atoms with E-state index in [0.29, 0.717) is 0 Å². The topological polar surface area (TPSA) is 67.4 Å². The van der Waals surface area contributed by atoms with E-state index in [4.69, 9.17) is 10.00 Å². The maximum Gasteiger partial charge on any atom is 0.417 e. The zero-order valence-electron chi connectivity index (χ0n) is 11.6. The molecule has 22 heavy (non-hydrogen) atoms. The highest BCUT2D eigenvalue weighted by atomic mass is 19.4. The predicted octanol–water partition coefficient (Wildman–Crippen LogP) is 2.99. The van der Waals surface area contributed by atoms with E-state index in [1.165, 1.54) is 6.20 Å². The molecule has 2 heterocycles. The zero-order valence-corrected chi connectivity index (χ0v) is 11.6. The summed E-state index contributed by atoms with van der Waals surface area (Å²) in [6, 6.07) is 2.83. The van der Waals surface area contributed by atoms with E-state index in [2.05, 4.69) is 4.98 Å². The van der Waals surface area contributed by atoms with Crippen molar-refractivity contribution in [2.24, 2.45) is 0 Å². The van der Waals surface area contributed by atoms with Crippen molar-refractivity contribution in [3.8, 4) is 6.07 Å². The van der Waals surface area contributed by atoms with E-state index in [1.807, 2.05) is 6.07 Å². The number of ether oxygens (including phenoxy) is 1. The molecule has 116 valence electrons. The van der Waals surface area contributed by atoms with E-state index in [9.17, 15) is 18.0 Å². The van der Waals surface area contributed by atoms with Gasteiger partial charge in [-0.25, -0.2) is 9.78 Å². The van der Waals surface area contributed by atoms with Gasteiger partial charge in [-0.2, -0.15) is 18.4 Å².